The lowest BCUT2D eigenvalue weighted by Crippen LogP contribution is -2.29. The lowest BCUT2D eigenvalue weighted by atomic mass is 9.82. The van der Waals surface area contributed by atoms with Crippen LogP contribution in [0.4, 0.5) is 10.1 Å². The first-order chi connectivity index (χ1) is 12.6. The molecule has 0 atom stereocenters. The van der Waals surface area contributed by atoms with Crippen LogP contribution in [-0.2, 0) is 10.4 Å². The maximum atomic E-state index is 13.2. The first-order valence-electron chi connectivity index (χ1n) is 8.32. The monoisotopic (exact) mass is 350 g/mol. The zero-order chi connectivity index (χ0) is 18.4. The molecule has 0 bridgehead atoms. The molecule has 0 fully saturated rings. The van der Waals surface area contributed by atoms with Gasteiger partial charge in [-0.3, -0.25) is 9.78 Å². The Morgan fingerprint density at radius 3 is 2.12 bits per heavy atom. The molecule has 0 aliphatic heterocycles. The molecular weight excluding hydrogens is 331 g/mol. The van der Waals surface area contributed by atoms with Crippen LogP contribution in [0.15, 0.2) is 79.1 Å². The second-order valence-corrected chi connectivity index (χ2v) is 6.03. The number of amides is 1. The summed E-state index contributed by atoms with van der Waals surface area (Å²) in [6, 6.07) is 19.7. The van der Waals surface area contributed by atoms with Crippen LogP contribution in [0.25, 0.3) is 0 Å². The Balaban J connectivity index is 1.78. The average molecular weight is 350 g/mol. The molecular formula is C21H19FN2O2. The molecule has 3 aromatic rings. The van der Waals surface area contributed by atoms with Crippen LogP contribution in [0.5, 0.6) is 0 Å². The van der Waals surface area contributed by atoms with Gasteiger partial charge in [0.25, 0.3) is 0 Å². The highest BCUT2D eigenvalue weighted by molar-refractivity contribution is 5.90. The number of aromatic nitrogens is 1. The van der Waals surface area contributed by atoms with Crippen molar-refractivity contribution < 1.29 is 14.3 Å². The van der Waals surface area contributed by atoms with Gasteiger partial charge < -0.3 is 10.4 Å². The molecule has 2 N–H and O–H groups in total. The van der Waals surface area contributed by atoms with Crippen molar-refractivity contribution in [3.8, 4) is 0 Å². The minimum Gasteiger partial charge on any atom is -0.380 e. The van der Waals surface area contributed by atoms with Gasteiger partial charge in [-0.1, -0.05) is 60.7 Å². The standard InChI is InChI=1S/C21H19FN2O2/c22-18-13-19(15-23-14-18)24-20(25)11-12-21(26,16-7-3-1-4-8-16)17-9-5-2-6-10-17/h1-10,13-15,26H,11-12H2,(H,24,25). The van der Waals surface area contributed by atoms with Gasteiger partial charge in [-0.05, 0) is 17.5 Å². The number of halogens is 1. The van der Waals surface area contributed by atoms with Gasteiger partial charge in [0.05, 0.1) is 18.1 Å². The van der Waals surface area contributed by atoms with Crippen molar-refractivity contribution in [1.82, 2.24) is 4.98 Å². The molecule has 0 saturated heterocycles. The van der Waals surface area contributed by atoms with Crippen molar-refractivity contribution in [3.05, 3.63) is 96.1 Å². The molecule has 0 radical (unpaired) electrons. The summed E-state index contributed by atoms with van der Waals surface area (Å²) in [7, 11) is 0. The second-order valence-electron chi connectivity index (χ2n) is 6.03. The fourth-order valence-electron chi connectivity index (χ4n) is 2.88. The maximum absolute atomic E-state index is 13.2. The minimum atomic E-state index is -1.29. The van der Waals surface area contributed by atoms with Crippen molar-refractivity contribution in [1.29, 1.82) is 0 Å². The zero-order valence-corrected chi connectivity index (χ0v) is 14.1. The number of rotatable bonds is 6. The summed E-state index contributed by atoms with van der Waals surface area (Å²) >= 11 is 0. The summed E-state index contributed by atoms with van der Waals surface area (Å²) < 4.78 is 13.2. The average Bonchev–Trinajstić information content (AvgIpc) is 2.67. The Labute approximate surface area is 151 Å². The highest BCUT2D eigenvalue weighted by atomic mass is 19.1. The molecule has 0 saturated carbocycles. The summed E-state index contributed by atoms with van der Waals surface area (Å²) in [5, 5.41) is 14.0. The number of nitrogens with one attached hydrogen (secondary N) is 1. The molecule has 1 amide bonds. The lowest BCUT2D eigenvalue weighted by Gasteiger charge is -2.29. The second kappa shape index (κ2) is 7.89. The van der Waals surface area contributed by atoms with Crippen LogP contribution < -0.4 is 5.32 Å². The molecule has 3 rings (SSSR count). The van der Waals surface area contributed by atoms with Gasteiger partial charge in [0.15, 0.2) is 0 Å². The molecule has 1 aromatic heterocycles. The quantitative estimate of drug-likeness (QED) is 0.709. The van der Waals surface area contributed by atoms with E-state index in [1.54, 1.807) is 0 Å². The van der Waals surface area contributed by atoms with E-state index in [0.29, 0.717) is 11.1 Å². The van der Waals surface area contributed by atoms with Crippen molar-refractivity contribution in [2.75, 3.05) is 5.32 Å². The zero-order valence-electron chi connectivity index (χ0n) is 14.1. The van der Waals surface area contributed by atoms with E-state index in [1.165, 1.54) is 12.3 Å². The van der Waals surface area contributed by atoms with Gasteiger partial charge >= 0.3 is 0 Å². The number of pyridine rings is 1. The van der Waals surface area contributed by atoms with Crippen molar-refractivity contribution in [3.63, 3.8) is 0 Å². The van der Waals surface area contributed by atoms with Crippen LogP contribution in [0, 0.1) is 5.82 Å². The number of anilines is 1. The van der Waals surface area contributed by atoms with Crippen molar-refractivity contribution in [2.24, 2.45) is 0 Å². The number of carbonyl (C=O) groups is 1. The van der Waals surface area contributed by atoms with Gasteiger partial charge in [0, 0.05) is 12.5 Å². The fraction of sp³-hybridized carbons (Fsp3) is 0.143. The summed E-state index contributed by atoms with van der Waals surface area (Å²) in [5.74, 6) is -0.837. The summed E-state index contributed by atoms with van der Waals surface area (Å²) in [5.41, 5.74) is 0.427. The highest BCUT2D eigenvalue weighted by Gasteiger charge is 2.31. The Kier molecular flexibility index (Phi) is 5.39. The van der Waals surface area contributed by atoms with Gasteiger partial charge in [-0.25, -0.2) is 4.39 Å². The largest absolute Gasteiger partial charge is 0.380 e. The fourth-order valence-corrected chi connectivity index (χ4v) is 2.88. The van der Waals surface area contributed by atoms with Gasteiger partial charge in [-0.15, -0.1) is 0 Å². The number of benzene rings is 2. The van der Waals surface area contributed by atoms with E-state index in [-0.39, 0.29) is 24.4 Å². The molecule has 2 aromatic carbocycles. The Morgan fingerprint density at radius 1 is 1.00 bits per heavy atom. The highest BCUT2D eigenvalue weighted by Crippen LogP contribution is 2.34. The van der Waals surface area contributed by atoms with Gasteiger partial charge in [0.1, 0.15) is 11.4 Å². The molecule has 0 aliphatic rings. The molecule has 4 nitrogen and oxygen atoms in total. The van der Waals surface area contributed by atoms with E-state index in [0.717, 1.165) is 6.20 Å². The summed E-state index contributed by atoms with van der Waals surface area (Å²) in [6.07, 6.45) is 2.70. The SMILES string of the molecule is O=C(CCC(O)(c1ccccc1)c1ccccc1)Nc1cncc(F)c1. The molecule has 1 heterocycles. The van der Waals surface area contributed by atoms with Crippen molar-refractivity contribution in [2.45, 2.75) is 18.4 Å². The van der Waals surface area contributed by atoms with E-state index in [2.05, 4.69) is 10.3 Å². The molecule has 0 spiro atoms. The van der Waals surface area contributed by atoms with E-state index in [1.807, 2.05) is 60.7 Å². The van der Waals surface area contributed by atoms with Gasteiger partial charge in [0.2, 0.25) is 5.91 Å². The number of hydrogen-bond acceptors (Lipinski definition) is 3. The van der Waals surface area contributed by atoms with Crippen LogP contribution in [0.2, 0.25) is 0 Å². The lowest BCUT2D eigenvalue weighted by molar-refractivity contribution is -0.117. The maximum Gasteiger partial charge on any atom is 0.224 e. The third-order valence-electron chi connectivity index (χ3n) is 4.21. The first kappa shape index (κ1) is 17.8. The van der Waals surface area contributed by atoms with E-state index < -0.39 is 11.4 Å². The van der Waals surface area contributed by atoms with Crippen LogP contribution in [-0.4, -0.2) is 16.0 Å². The molecule has 26 heavy (non-hydrogen) atoms. The molecule has 132 valence electrons. The van der Waals surface area contributed by atoms with Crippen LogP contribution in [0.1, 0.15) is 24.0 Å². The number of aliphatic hydroxyl groups is 1. The number of nitrogens with zero attached hydrogens (tertiary/aromatic N) is 1. The van der Waals surface area contributed by atoms with Crippen LogP contribution in [0.3, 0.4) is 0 Å². The molecule has 5 heteroatoms. The van der Waals surface area contributed by atoms with E-state index >= 15 is 0 Å². The third-order valence-corrected chi connectivity index (χ3v) is 4.21. The third kappa shape index (κ3) is 4.13. The Bertz CT molecular complexity index is 830. The Hall–Kier alpha value is -3.05. The Morgan fingerprint density at radius 2 is 1.58 bits per heavy atom. The molecule has 0 unspecified atom stereocenters. The summed E-state index contributed by atoms with van der Waals surface area (Å²) in [4.78, 5) is 16.0. The van der Waals surface area contributed by atoms with E-state index in [4.69, 9.17) is 0 Å². The number of carbonyl (C=O) groups excluding carboxylic acids is 1. The summed E-state index contributed by atoms with van der Waals surface area (Å²) in [6.45, 7) is 0. The topological polar surface area (TPSA) is 62.2 Å². The van der Waals surface area contributed by atoms with Crippen molar-refractivity contribution >= 4 is 11.6 Å². The smallest absolute Gasteiger partial charge is 0.224 e. The normalized spacial score (nSPS) is 11.2. The van der Waals surface area contributed by atoms with Crippen LogP contribution >= 0.6 is 0 Å². The molecule has 0 aliphatic carbocycles. The predicted octanol–water partition coefficient (Wildman–Crippen LogP) is 3.88. The van der Waals surface area contributed by atoms with Gasteiger partial charge in [-0.2, -0.15) is 0 Å². The van der Waals surface area contributed by atoms with E-state index in [9.17, 15) is 14.3 Å². The first-order valence-corrected chi connectivity index (χ1v) is 8.32. The number of hydrogen-bond donors (Lipinski definition) is 2. The predicted molar refractivity (Wildman–Crippen MR) is 97.9 cm³/mol. The minimum absolute atomic E-state index is 0.0663.